The average molecular weight is 494 g/mol. The number of rotatable bonds is 4. The lowest BCUT2D eigenvalue weighted by atomic mass is 10.1. The molecule has 5 nitrogen and oxygen atoms in total. The topological polar surface area (TPSA) is 68.9 Å². The van der Waals surface area contributed by atoms with Gasteiger partial charge in [-0.2, -0.15) is 0 Å². The predicted molar refractivity (Wildman–Crippen MR) is 111 cm³/mol. The third-order valence-electron chi connectivity index (χ3n) is 3.66. The molecular formula is C17H18Cl2IN3O2. The molecule has 0 bridgehead atoms. The molecule has 0 saturated heterocycles. The van der Waals surface area contributed by atoms with Gasteiger partial charge in [-0.25, -0.2) is 4.99 Å². The van der Waals surface area contributed by atoms with E-state index >= 15 is 0 Å². The van der Waals surface area contributed by atoms with Crippen molar-refractivity contribution in [3.8, 4) is 11.5 Å². The molecule has 134 valence electrons. The van der Waals surface area contributed by atoms with Crippen molar-refractivity contribution in [2.45, 2.75) is 19.5 Å². The Kier molecular flexibility index (Phi) is 7.04. The van der Waals surface area contributed by atoms with E-state index in [4.69, 9.17) is 38.4 Å². The van der Waals surface area contributed by atoms with Crippen molar-refractivity contribution < 1.29 is 9.47 Å². The molecule has 0 aromatic heterocycles. The predicted octanol–water partition coefficient (Wildman–Crippen LogP) is 4.51. The zero-order valence-electron chi connectivity index (χ0n) is 13.5. The van der Waals surface area contributed by atoms with Crippen LogP contribution >= 0.6 is 47.2 Å². The van der Waals surface area contributed by atoms with Crippen LogP contribution in [0.15, 0.2) is 41.4 Å². The highest BCUT2D eigenvalue weighted by Crippen LogP contribution is 2.32. The van der Waals surface area contributed by atoms with E-state index in [2.05, 4.69) is 10.3 Å². The van der Waals surface area contributed by atoms with Gasteiger partial charge in [0.05, 0.1) is 12.6 Å². The Morgan fingerprint density at radius 3 is 2.72 bits per heavy atom. The molecule has 1 aliphatic rings. The Hall–Kier alpha value is -1.38. The number of nitrogens with one attached hydrogen (secondary N) is 1. The van der Waals surface area contributed by atoms with E-state index < -0.39 is 0 Å². The van der Waals surface area contributed by atoms with Gasteiger partial charge >= 0.3 is 0 Å². The van der Waals surface area contributed by atoms with Crippen molar-refractivity contribution >= 4 is 53.1 Å². The largest absolute Gasteiger partial charge is 0.454 e. The Morgan fingerprint density at radius 1 is 1.20 bits per heavy atom. The van der Waals surface area contributed by atoms with Crippen LogP contribution < -0.4 is 20.5 Å². The summed E-state index contributed by atoms with van der Waals surface area (Å²) >= 11 is 12.1. The lowest BCUT2D eigenvalue weighted by Gasteiger charge is -2.16. The first-order valence-electron chi connectivity index (χ1n) is 7.43. The van der Waals surface area contributed by atoms with Gasteiger partial charge in [0.25, 0.3) is 0 Å². The minimum absolute atomic E-state index is 0. The van der Waals surface area contributed by atoms with Crippen LogP contribution in [0.1, 0.15) is 24.1 Å². The molecule has 25 heavy (non-hydrogen) atoms. The number of halogens is 3. The Balaban J connectivity index is 0.00000225. The van der Waals surface area contributed by atoms with E-state index in [1.165, 1.54) is 0 Å². The molecule has 0 radical (unpaired) electrons. The fourth-order valence-corrected chi connectivity index (χ4v) is 2.99. The van der Waals surface area contributed by atoms with Crippen LogP contribution in [0.5, 0.6) is 11.5 Å². The molecule has 1 heterocycles. The maximum Gasteiger partial charge on any atom is 0.231 e. The van der Waals surface area contributed by atoms with E-state index in [1.807, 2.05) is 31.2 Å². The Morgan fingerprint density at radius 2 is 1.96 bits per heavy atom. The zero-order valence-corrected chi connectivity index (χ0v) is 17.3. The second-order valence-corrected chi connectivity index (χ2v) is 6.26. The Labute approximate surface area is 173 Å². The first-order chi connectivity index (χ1) is 11.5. The van der Waals surface area contributed by atoms with Gasteiger partial charge in [-0.15, -0.1) is 24.0 Å². The first-order valence-corrected chi connectivity index (χ1v) is 8.18. The summed E-state index contributed by atoms with van der Waals surface area (Å²) < 4.78 is 10.6. The van der Waals surface area contributed by atoms with Crippen molar-refractivity contribution in [3.63, 3.8) is 0 Å². The molecule has 3 N–H and O–H groups in total. The number of ether oxygens (including phenoxy) is 2. The van der Waals surface area contributed by atoms with E-state index in [-0.39, 0.29) is 36.8 Å². The van der Waals surface area contributed by atoms with Crippen LogP contribution in [0.4, 0.5) is 0 Å². The second-order valence-electron chi connectivity index (χ2n) is 5.42. The third-order valence-corrected chi connectivity index (χ3v) is 4.22. The number of hydrogen-bond acceptors (Lipinski definition) is 3. The summed E-state index contributed by atoms with van der Waals surface area (Å²) in [5.41, 5.74) is 7.86. The molecule has 0 amide bonds. The highest BCUT2D eigenvalue weighted by molar-refractivity contribution is 14.0. The minimum atomic E-state index is -0.0877. The Bertz CT molecular complexity index is 786. The summed E-state index contributed by atoms with van der Waals surface area (Å²) in [4.78, 5) is 4.35. The van der Waals surface area contributed by atoms with Gasteiger partial charge in [0.1, 0.15) is 0 Å². The molecule has 2 aromatic carbocycles. The standard InChI is InChI=1S/C17H17Cl2N3O2.HI/c1-10(13-4-3-12(18)7-14(13)19)22-17(20)21-8-11-2-5-15-16(6-11)24-9-23-15;/h2-7,10H,8-9H2,1H3,(H3,20,21,22);1H. The van der Waals surface area contributed by atoms with Gasteiger partial charge < -0.3 is 20.5 Å². The zero-order chi connectivity index (χ0) is 17.1. The monoisotopic (exact) mass is 493 g/mol. The quantitative estimate of drug-likeness (QED) is 0.373. The minimum Gasteiger partial charge on any atom is -0.454 e. The smallest absolute Gasteiger partial charge is 0.231 e. The van der Waals surface area contributed by atoms with Gasteiger partial charge in [-0.1, -0.05) is 35.3 Å². The number of nitrogens with zero attached hydrogens (tertiary/aromatic N) is 1. The molecule has 1 atom stereocenters. The molecule has 0 fully saturated rings. The molecule has 0 saturated carbocycles. The molecule has 3 rings (SSSR count). The van der Waals surface area contributed by atoms with E-state index in [0.29, 0.717) is 22.5 Å². The van der Waals surface area contributed by atoms with Crippen LogP contribution in [0, 0.1) is 0 Å². The van der Waals surface area contributed by atoms with Crippen LogP contribution in [0.2, 0.25) is 10.0 Å². The summed E-state index contributed by atoms with van der Waals surface area (Å²) in [5.74, 6) is 1.82. The fraction of sp³-hybridized carbons (Fsp3) is 0.235. The van der Waals surface area contributed by atoms with Crippen molar-refractivity contribution in [2.75, 3.05) is 6.79 Å². The van der Waals surface area contributed by atoms with E-state index in [1.54, 1.807) is 12.1 Å². The van der Waals surface area contributed by atoms with E-state index in [0.717, 1.165) is 22.6 Å². The van der Waals surface area contributed by atoms with Gasteiger partial charge in [0.2, 0.25) is 6.79 Å². The van der Waals surface area contributed by atoms with Crippen LogP contribution in [-0.2, 0) is 6.54 Å². The molecule has 1 unspecified atom stereocenters. The van der Waals surface area contributed by atoms with Gasteiger partial charge in [-0.3, -0.25) is 0 Å². The highest BCUT2D eigenvalue weighted by Gasteiger charge is 2.13. The normalized spacial score (nSPS) is 14.0. The summed E-state index contributed by atoms with van der Waals surface area (Å²) in [6, 6.07) is 11.0. The van der Waals surface area contributed by atoms with Crippen LogP contribution in [0.3, 0.4) is 0 Å². The van der Waals surface area contributed by atoms with Crippen molar-refractivity contribution in [2.24, 2.45) is 10.7 Å². The van der Waals surface area contributed by atoms with Crippen molar-refractivity contribution in [1.82, 2.24) is 5.32 Å². The highest BCUT2D eigenvalue weighted by atomic mass is 127. The van der Waals surface area contributed by atoms with Crippen molar-refractivity contribution in [3.05, 3.63) is 57.6 Å². The fourth-order valence-electron chi connectivity index (χ4n) is 2.41. The number of fused-ring (bicyclic) bond motifs is 1. The number of nitrogens with two attached hydrogens (primary N) is 1. The molecular weight excluding hydrogens is 476 g/mol. The number of guanidine groups is 1. The summed E-state index contributed by atoms with van der Waals surface area (Å²) in [6.07, 6.45) is 0. The first kappa shape index (κ1) is 19.9. The SMILES string of the molecule is CC(NC(N)=NCc1ccc2c(c1)OCO2)c1ccc(Cl)cc1Cl.I. The lowest BCUT2D eigenvalue weighted by molar-refractivity contribution is 0.174. The maximum atomic E-state index is 6.20. The molecule has 0 spiro atoms. The lowest BCUT2D eigenvalue weighted by Crippen LogP contribution is -2.34. The van der Waals surface area contributed by atoms with Crippen LogP contribution in [-0.4, -0.2) is 12.8 Å². The number of hydrogen-bond donors (Lipinski definition) is 2. The summed E-state index contributed by atoms with van der Waals surface area (Å²) in [5, 5.41) is 4.31. The summed E-state index contributed by atoms with van der Waals surface area (Å²) in [6.45, 7) is 2.65. The van der Waals surface area contributed by atoms with Gasteiger partial charge in [0, 0.05) is 10.0 Å². The molecule has 2 aromatic rings. The second kappa shape index (κ2) is 8.82. The average Bonchev–Trinajstić information content (AvgIpc) is 3.00. The number of aliphatic imine (C=N–C) groups is 1. The molecule has 0 aliphatic carbocycles. The molecule has 8 heteroatoms. The molecule has 1 aliphatic heterocycles. The van der Waals surface area contributed by atoms with Gasteiger partial charge in [-0.05, 0) is 42.3 Å². The number of benzene rings is 2. The van der Waals surface area contributed by atoms with Crippen molar-refractivity contribution in [1.29, 1.82) is 0 Å². The van der Waals surface area contributed by atoms with E-state index in [9.17, 15) is 0 Å². The van der Waals surface area contributed by atoms with Gasteiger partial charge in [0.15, 0.2) is 17.5 Å². The maximum absolute atomic E-state index is 6.20. The third kappa shape index (κ3) is 5.05. The summed E-state index contributed by atoms with van der Waals surface area (Å²) in [7, 11) is 0. The van der Waals surface area contributed by atoms with Crippen LogP contribution in [0.25, 0.3) is 0 Å².